The Hall–Kier alpha value is -0.0800. The third-order valence-electron chi connectivity index (χ3n) is 2.30. The number of nitrogens with two attached hydrogens (primary N) is 2. The molecule has 2 nitrogen and oxygen atoms in total. The van der Waals surface area contributed by atoms with E-state index in [1.165, 1.54) is 32.1 Å². The van der Waals surface area contributed by atoms with Crippen molar-refractivity contribution in [2.75, 3.05) is 13.1 Å². The fourth-order valence-corrected chi connectivity index (χ4v) is 1.42. The molecule has 4 N–H and O–H groups in total. The SMILES string of the molecule is CC1CCCCC1.NCCCN. The first-order valence-electron chi connectivity index (χ1n) is 5.21. The molecule has 1 fully saturated rings. The molecule has 1 aliphatic rings. The van der Waals surface area contributed by atoms with Crippen LogP contribution in [0.3, 0.4) is 0 Å². The van der Waals surface area contributed by atoms with E-state index in [0.29, 0.717) is 0 Å². The molecule has 12 heavy (non-hydrogen) atoms. The third kappa shape index (κ3) is 8.02. The van der Waals surface area contributed by atoms with Gasteiger partial charge < -0.3 is 11.5 Å². The molecule has 1 rings (SSSR count). The molecule has 0 aromatic heterocycles. The van der Waals surface area contributed by atoms with Gasteiger partial charge in [0.2, 0.25) is 0 Å². The van der Waals surface area contributed by atoms with Crippen LogP contribution in [-0.2, 0) is 0 Å². The maximum atomic E-state index is 5.06. The Morgan fingerprint density at radius 2 is 1.50 bits per heavy atom. The molecule has 74 valence electrons. The maximum Gasteiger partial charge on any atom is -0.00653 e. The molecule has 0 aromatic rings. The van der Waals surface area contributed by atoms with Gasteiger partial charge >= 0.3 is 0 Å². The van der Waals surface area contributed by atoms with Crippen LogP contribution in [0.1, 0.15) is 45.4 Å². The van der Waals surface area contributed by atoms with Crippen molar-refractivity contribution in [1.29, 1.82) is 0 Å². The van der Waals surface area contributed by atoms with Gasteiger partial charge in [0.05, 0.1) is 0 Å². The summed E-state index contributed by atoms with van der Waals surface area (Å²) in [6.07, 6.45) is 8.38. The highest BCUT2D eigenvalue weighted by molar-refractivity contribution is 4.59. The Labute approximate surface area is 76.7 Å². The van der Waals surface area contributed by atoms with Gasteiger partial charge in [0, 0.05) is 0 Å². The van der Waals surface area contributed by atoms with Crippen LogP contribution >= 0.6 is 0 Å². The molecule has 0 aliphatic heterocycles. The van der Waals surface area contributed by atoms with Crippen LogP contribution in [0.25, 0.3) is 0 Å². The van der Waals surface area contributed by atoms with Gasteiger partial charge in [0.15, 0.2) is 0 Å². The van der Waals surface area contributed by atoms with Gasteiger partial charge in [-0.05, 0) is 25.4 Å². The Balaban J connectivity index is 0.000000217. The van der Waals surface area contributed by atoms with Gasteiger partial charge in [0.25, 0.3) is 0 Å². The van der Waals surface area contributed by atoms with E-state index in [2.05, 4.69) is 6.92 Å². The van der Waals surface area contributed by atoms with E-state index in [0.717, 1.165) is 25.4 Å². The fourth-order valence-electron chi connectivity index (χ4n) is 1.42. The molecule has 0 spiro atoms. The van der Waals surface area contributed by atoms with Crippen molar-refractivity contribution in [2.45, 2.75) is 45.4 Å². The quantitative estimate of drug-likeness (QED) is 0.668. The standard InChI is InChI=1S/C7H14.C3H10N2/c1-7-5-3-2-4-6-7;4-2-1-3-5/h7H,2-6H2,1H3;1-5H2. The van der Waals surface area contributed by atoms with Crippen molar-refractivity contribution in [3.8, 4) is 0 Å². The van der Waals surface area contributed by atoms with Crippen LogP contribution < -0.4 is 11.5 Å². The lowest BCUT2D eigenvalue weighted by Crippen LogP contribution is -2.06. The van der Waals surface area contributed by atoms with Crippen molar-refractivity contribution in [2.24, 2.45) is 17.4 Å². The first-order chi connectivity index (χ1) is 5.81. The van der Waals surface area contributed by atoms with Crippen LogP contribution in [0.2, 0.25) is 0 Å². The summed E-state index contributed by atoms with van der Waals surface area (Å²) in [6.45, 7) is 3.80. The second-order valence-corrected chi connectivity index (χ2v) is 3.67. The van der Waals surface area contributed by atoms with Crippen LogP contribution in [0.4, 0.5) is 0 Å². The zero-order valence-electron chi connectivity index (χ0n) is 8.39. The molecule has 0 amide bonds. The zero-order valence-corrected chi connectivity index (χ0v) is 8.39. The van der Waals surface area contributed by atoms with E-state index >= 15 is 0 Å². The van der Waals surface area contributed by atoms with E-state index in [4.69, 9.17) is 11.5 Å². The smallest absolute Gasteiger partial charge is 0.00653 e. The van der Waals surface area contributed by atoms with Crippen molar-refractivity contribution in [3.63, 3.8) is 0 Å². The average molecular weight is 172 g/mol. The largest absolute Gasteiger partial charge is 0.330 e. The van der Waals surface area contributed by atoms with Gasteiger partial charge in [-0.1, -0.05) is 39.0 Å². The minimum atomic E-state index is 0.719. The summed E-state index contributed by atoms with van der Waals surface area (Å²) in [4.78, 5) is 0. The van der Waals surface area contributed by atoms with Crippen molar-refractivity contribution >= 4 is 0 Å². The lowest BCUT2D eigenvalue weighted by Gasteiger charge is -2.15. The molecular weight excluding hydrogens is 148 g/mol. The molecule has 0 radical (unpaired) electrons. The normalized spacial score (nSPS) is 18.2. The monoisotopic (exact) mass is 172 g/mol. The molecule has 1 aliphatic carbocycles. The van der Waals surface area contributed by atoms with E-state index in [1.807, 2.05) is 0 Å². The van der Waals surface area contributed by atoms with E-state index < -0.39 is 0 Å². The molecule has 0 unspecified atom stereocenters. The fraction of sp³-hybridized carbons (Fsp3) is 1.00. The van der Waals surface area contributed by atoms with Gasteiger partial charge in [-0.2, -0.15) is 0 Å². The van der Waals surface area contributed by atoms with Crippen molar-refractivity contribution in [1.82, 2.24) is 0 Å². The van der Waals surface area contributed by atoms with Crippen LogP contribution in [0.5, 0.6) is 0 Å². The molecule has 1 saturated carbocycles. The van der Waals surface area contributed by atoms with Gasteiger partial charge in [-0.25, -0.2) is 0 Å². The van der Waals surface area contributed by atoms with Crippen LogP contribution in [0, 0.1) is 5.92 Å². The molecule has 0 saturated heterocycles. The topological polar surface area (TPSA) is 52.0 Å². The van der Waals surface area contributed by atoms with Gasteiger partial charge in [0.1, 0.15) is 0 Å². The van der Waals surface area contributed by atoms with Crippen molar-refractivity contribution < 1.29 is 0 Å². The first kappa shape index (κ1) is 11.9. The predicted molar refractivity (Wildman–Crippen MR) is 55.0 cm³/mol. The minimum Gasteiger partial charge on any atom is -0.330 e. The molecule has 0 atom stereocenters. The van der Waals surface area contributed by atoms with E-state index in [9.17, 15) is 0 Å². The summed E-state index contributed by atoms with van der Waals surface area (Å²) in [6, 6.07) is 0. The summed E-state index contributed by atoms with van der Waals surface area (Å²) < 4.78 is 0. The van der Waals surface area contributed by atoms with E-state index in [1.54, 1.807) is 0 Å². The predicted octanol–water partition coefficient (Wildman–Crippen LogP) is 1.88. The van der Waals surface area contributed by atoms with Gasteiger partial charge in [-0.3, -0.25) is 0 Å². The highest BCUT2D eigenvalue weighted by Gasteiger charge is 2.05. The van der Waals surface area contributed by atoms with Crippen LogP contribution in [0.15, 0.2) is 0 Å². The van der Waals surface area contributed by atoms with Crippen molar-refractivity contribution in [3.05, 3.63) is 0 Å². The molecule has 0 aromatic carbocycles. The summed E-state index contributed by atoms with van der Waals surface area (Å²) >= 11 is 0. The average Bonchev–Trinajstić information content (AvgIpc) is 2.08. The summed E-state index contributed by atoms with van der Waals surface area (Å²) in [5, 5.41) is 0. The number of hydrogen-bond acceptors (Lipinski definition) is 2. The van der Waals surface area contributed by atoms with Crippen LogP contribution in [-0.4, -0.2) is 13.1 Å². The molecule has 0 heterocycles. The third-order valence-corrected chi connectivity index (χ3v) is 2.30. The summed E-state index contributed by atoms with van der Waals surface area (Å²) in [5.74, 6) is 1.04. The lowest BCUT2D eigenvalue weighted by atomic mass is 9.91. The Morgan fingerprint density at radius 1 is 1.00 bits per heavy atom. The second kappa shape index (κ2) is 9.01. The Bertz CT molecular complexity index is 75.9. The van der Waals surface area contributed by atoms with Gasteiger partial charge in [-0.15, -0.1) is 0 Å². The summed E-state index contributed by atoms with van der Waals surface area (Å²) in [5.41, 5.74) is 10.1. The lowest BCUT2D eigenvalue weighted by molar-refractivity contribution is 0.385. The highest BCUT2D eigenvalue weighted by atomic mass is 14.6. The first-order valence-corrected chi connectivity index (χ1v) is 5.21. The molecule has 2 heteroatoms. The second-order valence-electron chi connectivity index (χ2n) is 3.67. The minimum absolute atomic E-state index is 0.719. The maximum absolute atomic E-state index is 5.06. The summed E-state index contributed by atoms with van der Waals surface area (Å²) in [7, 11) is 0. The Morgan fingerprint density at radius 3 is 1.67 bits per heavy atom. The van der Waals surface area contributed by atoms with E-state index in [-0.39, 0.29) is 0 Å². The Kier molecular flexibility index (Phi) is 8.95. The molecular formula is C10H24N2. The number of hydrogen-bond donors (Lipinski definition) is 2. The number of rotatable bonds is 2. The zero-order chi connectivity index (χ0) is 9.23. The highest BCUT2D eigenvalue weighted by Crippen LogP contribution is 2.21. The molecule has 0 bridgehead atoms.